The summed E-state index contributed by atoms with van der Waals surface area (Å²) >= 11 is 0. The van der Waals surface area contributed by atoms with Gasteiger partial charge in [0, 0.05) is 6.04 Å². The van der Waals surface area contributed by atoms with Crippen LogP contribution in [-0.4, -0.2) is 6.04 Å². The van der Waals surface area contributed by atoms with Gasteiger partial charge < -0.3 is 5.32 Å². The summed E-state index contributed by atoms with van der Waals surface area (Å²) in [6.45, 7) is 4.10. The summed E-state index contributed by atoms with van der Waals surface area (Å²) in [5.41, 5.74) is -0.811. The first kappa shape index (κ1) is 16.8. The molecule has 20 heavy (non-hydrogen) atoms. The number of hydrogen-bond acceptors (Lipinski definition) is 1. The predicted octanol–water partition coefficient (Wildman–Crippen LogP) is 5.62. The smallest absolute Gasteiger partial charge is 0.380 e. The van der Waals surface area contributed by atoms with Crippen LogP contribution < -0.4 is 5.32 Å². The number of rotatable bonds is 7. The average molecular weight is 291 g/mol. The fourth-order valence-corrected chi connectivity index (χ4v) is 2.12. The van der Waals surface area contributed by atoms with E-state index in [-0.39, 0.29) is 11.7 Å². The Bertz CT molecular complexity index is 415. The van der Waals surface area contributed by atoms with Crippen molar-refractivity contribution in [3.63, 3.8) is 0 Å². The number of alkyl halides is 3. The number of anilines is 1. The van der Waals surface area contributed by atoms with Crippen LogP contribution in [0.3, 0.4) is 0 Å². The molecular weight excluding hydrogens is 270 g/mol. The number of nitrogens with one attached hydrogen (secondary N) is 1. The molecule has 1 rings (SSSR count). The summed E-state index contributed by atoms with van der Waals surface area (Å²) < 4.78 is 51.1. The maximum Gasteiger partial charge on any atom is 0.416 e. The van der Waals surface area contributed by atoms with Crippen LogP contribution >= 0.6 is 0 Å². The van der Waals surface area contributed by atoms with Gasteiger partial charge in [-0.15, -0.1) is 0 Å². The van der Waals surface area contributed by atoms with E-state index >= 15 is 0 Å². The number of unbranched alkanes of at least 4 members (excludes halogenated alkanes) is 1. The van der Waals surface area contributed by atoms with Gasteiger partial charge in [0.05, 0.1) is 11.3 Å². The molecule has 1 nitrogen and oxygen atoms in total. The van der Waals surface area contributed by atoms with Crippen LogP contribution in [0.25, 0.3) is 0 Å². The van der Waals surface area contributed by atoms with Gasteiger partial charge in [0.1, 0.15) is 5.82 Å². The Morgan fingerprint density at radius 1 is 1.10 bits per heavy atom. The van der Waals surface area contributed by atoms with Gasteiger partial charge in [-0.25, -0.2) is 4.39 Å². The second-order valence-corrected chi connectivity index (χ2v) is 4.96. The summed E-state index contributed by atoms with van der Waals surface area (Å²) in [7, 11) is 0. The zero-order chi connectivity index (χ0) is 15.2. The fourth-order valence-electron chi connectivity index (χ4n) is 2.12. The minimum atomic E-state index is -4.51. The van der Waals surface area contributed by atoms with Gasteiger partial charge in [0.2, 0.25) is 0 Å². The van der Waals surface area contributed by atoms with Crippen LogP contribution in [0.5, 0.6) is 0 Å². The highest BCUT2D eigenvalue weighted by Gasteiger charge is 2.31. The second kappa shape index (κ2) is 7.50. The Kier molecular flexibility index (Phi) is 6.30. The van der Waals surface area contributed by atoms with E-state index in [9.17, 15) is 17.6 Å². The van der Waals surface area contributed by atoms with E-state index in [1.165, 1.54) is 6.07 Å². The fraction of sp³-hybridized carbons (Fsp3) is 0.600. The first-order chi connectivity index (χ1) is 9.38. The van der Waals surface area contributed by atoms with Gasteiger partial charge in [-0.3, -0.25) is 0 Å². The Balaban J connectivity index is 2.80. The van der Waals surface area contributed by atoms with E-state index in [1.54, 1.807) is 0 Å². The quantitative estimate of drug-likeness (QED) is 0.643. The lowest BCUT2D eigenvalue weighted by Gasteiger charge is -2.20. The summed E-state index contributed by atoms with van der Waals surface area (Å²) in [4.78, 5) is 0. The molecule has 0 heterocycles. The monoisotopic (exact) mass is 291 g/mol. The Morgan fingerprint density at radius 2 is 1.80 bits per heavy atom. The van der Waals surface area contributed by atoms with Crippen molar-refractivity contribution in [1.82, 2.24) is 0 Å². The van der Waals surface area contributed by atoms with E-state index in [1.807, 2.05) is 6.92 Å². The second-order valence-electron chi connectivity index (χ2n) is 4.96. The van der Waals surface area contributed by atoms with Crippen LogP contribution in [-0.2, 0) is 6.18 Å². The molecule has 1 unspecified atom stereocenters. The van der Waals surface area contributed by atoms with E-state index in [0.29, 0.717) is 6.07 Å². The van der Waals surface area contributed by atoms with Crippen molar-refractivity contribution >= 4 is 5.69 Å². The molecule has 0 bridgehead atoms. The largest absolute Gasteiger partial charge is 0.416 e. The van der Waals surface area contributed by atoms with Crippen LogP contribution in [0, 0.1) is 5.82 Å². The van der Waals surface area contributed by atoms with Crippen molar-refractivity contribution in [3.05, 3.63) is 29.6 Å². The highest BCUT2D eigenvalue weighted by molar-refractivity contribution is 5.47. The standard InChI is InChI=1S/C15H21F4N/c1-3-5-7-12(6-4-2)20-14-9-8-11(10-13(14)16)15(17,18)19/h8-10,12,20H,3-7H2,1-2H3. The van der Waals surface area contributed by atoms with Crippen molar-refractivity contribution in [3.8, 4) is 0 Å². The Morgan fingerprint density at radius 3 is 2.30 bits per heavy atom. The summed E-state index contributed by atoms with van der Waals surface area (Å²) in [5.74, 6) is -0.850. The summed E-state index contributed by atoms with van der Waals surface area (Å²) in [6.07, 6.45) is 0.261. The minimum Gasteiger partial charge on any atom is -0.380 e. The number of halogens is 4. The van der Waals surface area contributed by atoms with Crippen molar-refractivity contribution in [2.45, 2.75) is 58.2 Å². The van der Waals surface area contributed by atoms with E-state index < -0.39 is 17.6 Å². The van der Waals surface area contributed by atoms with Gasteiger partial charge in [-0.1, -0.05) is 33.1 Å². The minimum absolute atomic E-state index is 0.103. The van der Waals surface area contributed by atoms with Gasteiger partial charge in [-0.2, -0.15) is 13.2 Å². The first-order valence-electron chi connectivity index (χ1n) is 7.01. The van der Waals surface area contributed by atoms with Crippen molar-refractivity contribution in [1.29, 1.82) is 0 Å². The maximum absolute atomic E-state index is 13.7. The van der Waals surface area contributed by atoms with Crippen LogP contribution in [0.1, 0.15) is 51.5 Å². The Hall–Kier alpha value is -1.26. The molecule has 0 aromatic heterocycles. The third kappa shape index (κ3) is 5.02. The molecule has 114 valence electrons. The van der Waals surface area contributed by atoms with Crippen molar-refractivity contribution in [2.75, 3.05) is 5.32 Å². The first-order valence-corrected chi connectivity index (χ1v) is 7.01. The molecule has 1 aromatic rings. The molecular formula is C15H21F4N. The van der Waals surface area contributed by atoms with Crippen LogP contribution in [0.4, 0.5) is 23.2 Å². The average Bonchev–Trinajstić information content (AvgIpc) is 2.37. The highest BCUT2D eigenvalue weighted by Crippen LogP contribution is 2.31. The maximum atomic E-state index is 13.7. The number of hydrogen-bond donors (Lipinski definition) is 1. The molecule has 0 aliphatic heterocycles. The highest BCUT2D eigenvalue weighted by atomic mass is 19.4. The molecule has 0 spiro atoms. The third-order valence-corrected chi connectivity index (χ3v) is 3.20. The molecule has 1 aromatic carbocycles. The molecule has 5 heteroatoms. The molecule has 0 saturated carbocycles. The molecule has 1 N–H and O–H groups in total. The Labute approximate surface area is 117 Å². The molecule has 0 saturated heterocycles. The lowest BCUT2D eigenvalue weighted by Crippen LogP contribution is -2.20. The molecule has 0 radical (unpaired) electrons. The van der Waals surface area contributed by atoms with E-state index in [0.717, 1.165) is 38.2 Å². The van der Waals surface area contributed by atoms with E-state index in [4.69, 9.17) is 0 Å². The SMILES string of the molecule is CCCCC(CCC)Nc1ccc(C(F)(F)F)cc1F. The summed E-state index contributed by atoms with van der Waals surface area (Å²) in [5, 5.41) is 3.02. The number of benzene rings is 1. The predicted molar refractivity (Wildman–Crippen MR) is 73.2 cm³/mol. The van der Waals surface area contributed by atoms with Crippen molar-refractivity contribution < 1.29 is 17.6 Å². The zero-order valence-corrected chi connectivity index (χ0v) is 11.9. The third-order valence-electron chi connectivity index (χ3n) is 3.20. The normalized spacial score (nSPS) is 13.3. The lowest BCUT2D eigenvalue weighted by atomic mass is 10.0. The molecule has 0 aliphatic carbocycles. The summed E-state index contributed by atoms with van der Waals surface area (Å²) in [6, 6.07) is 2.73. The molecule has 0 amide bonds. The van der Waals surface area contributed by atoms with Crippen LogP contribution in [0.15, 0.2) is 18.2 Å². The van der Waals surface area contributed by atoms with Gasteiger partial charge in [-0.05, 0) is 31.0 Å². The topological polar surface area (TPSA) is 12.0 Å². The molecule has 1 atom stereocenters. The van der Waals surface area contributed by atoms with Gasteiger partial charge >= 0.3 is 6.18 Å². The zero-order valence-electron chi connectivity index (χ0n) is 11.9. The van der Waals surface area contributed by atoms with Gasteiger partial charge in [0.25, 0.3) is 0 Å². The lowest BCUT2D eigenvalue weighted by molar-refractivity contribution is -0.137. The molecule has 0 aliphatic rings. The van der Waals surface area contributed by atoms with Crippen molar-refractivity contribution in [2.24, 2.45) is 0 Å². The van der Waals surface area contributed by atoms with Crippen LogP contribution in [0.2, 0.25) is 0 Å². The van der Waals surface area contributed by atoms with E-state index in [2.05, 4.69) is 12.2 Å². The molecule has 0 fully saturated rings. The van der Waals surface area contributed by atoms with Gasteiger partial charge in [0.15, 0.2) is 0 Å².